The van der Waals surface area contributed by atoms with E-state index in [2.05, 4.69) is 22.0 Å². The first-order valence-electron chi connectivity index (χ1n) is 8.80. The second kappa shape index (κ2) is 9.85. The van der Waals surface area contributed by atoms with Crippen LogP contribution in [0.15, 0.2) is 47.6 Å². The predicted molar refractivity (Wildman–Crippen MR) is 106 cm³/mol. The highest BCUT2D eigenvalue weighted by molar-refractivity contribution is 5.98. The molecule has 0 heterocycles. The molecule has 2 aromatic rings. The van der Waals surface area contributed by atoms with Crippen molar-refractivity contribution in [2.75, 3.05) is 14.2 Å². The number of carbonyl (C=O) groups is 1. The number of aryl methyl sites for hydroxylation is 2. The lowest BCUT2D eigenvalue weighted by Crippen LogP contribution is -2.36. The van der Waals surface area contributed by atoms with Gasteiger partial charge < -0.3 is 15.0 Å². The first kappa shape index (κ1) is 20.6. The van der Waals surface area contributed by atoms with E-state index in [9.17, 15) is 4.79 Å². The van der Waals surface area contributed by atoms with Crippen molar-refractivity contribution in [2.24, 2.45) is 5.16 Å². The highest BCUT2D eigenvalue weighted by Gasteiger charge is 2.23. The van der Waals surface area contributed by atoms with Gasteiger partial charge in [0.1, 0.15) is 12.6 Å². The van der Waals surface area contributed by atoms with Crippen LogP contribution in [0.3, 0.4) is 0 Å². The molecule has 0 saturated heterocycles. The molecule has 27 heavy (non-hydrogen) atoms. The summed E-state index contributed by atoms with van der Waals surface area (Å²) < 4.78 is 0. The molecule has 6 nitrogen and oxygen atoms in total. The standard InChI is InChI=1S/C21H27N3O3/c1-14-8-6-10-17(12-14)16(3)23-27-13-19-15(2)9-7-11-18(19)20(24-26-5)21(25)22-4/h6-12,20,24H,13H2,1-5H3,(H,22,25)/b23-16+. The Morgan fingerprint density at radius 2 is 1.93 bits per heavy atom. The van der Waals surface area contributed by atoms with Crippen molar-refractivity contribution >= 4 is 11.6 Å². The van der Waals surface area contributed by atoms with Crippen molar-refractivity contribution in [1.29, 1.82) is 0 Å². The lowest BCUT2D eigenvalue weighted by Gasteiger charge is -2.20. The van der Waals surface area contributed by atoms with Crippen LogP contribution >= 0.6 is 0 Å². The third-order valence-corrected chi connectivity index (χ3v) is 4.35. The van der Waals surface area contributed by atoms with E-state index in [0.29, 0.717) is 0 Å². The summed E-state index contributed by atoms with van der Waals surface area (Å²) >= 11 is 0. The largest absolute Gasteiger partial charge is 0.391 e. The van der Waals surface area contributed by atoms with Crippen LogP contribution in [0.1, 0.15) is 40.8 Å². The van der Waals surface area contributed by atoms with Crippen LogP contribution in [0, 0.1) is 13.8 Å². The number of carbonyl (C=O) groups excluding carboxylic acids is 1. The van der Waals surface area contributed by atoms with Gasteiger partial charge in [0.25, 0.3) is 0 Å². The van der Waals surface area contributed by atoms with E-state index in [1.54, 1.807) is 7.05 Å². The minimum atomic E-state index is -0.639. The number of hydrogen-bond acceptors (Lipinski definition) is 5. The number of benzene rings is 2. The van der Waals surface area contributed by atoms with Crippen LogP contribution in [-0.4, -0.2) is 25.8 Å². The molecule has 0 aliphatic rings. The molecule has 2 rings (SSSR count). The molecule has 1 amide bonds. The maximum absolute atomic E-state index is 12.2. The molecule has 2 aromatic carbocycles. The minimum absolute atomic E-state index is 0.192. The second-order valence-corrected chi connectivity index (χ2v) is 6.33. The summed E-state index contributed by atoms with van der Waals surface area (Å²) in [5, 5.41) is 6.89. The molecule has 0 fully saturated rings. The van der Waals surface area contributed by atoms with Crippen LogP contribution in [0.5, 0.6) is 0 Å². The van der Waals surface area contributed by atoms with E-state index in [1.165, 1.54) is 12.7 Å². The van der Waals surface area contributed by atoms with Crippen LogP contribution in [0.4, 0.5) is 0 Å². The molecule has 1 atom stereocenters. The fourth-order valence-corrected chi connectivity index (χ4v) is 2.83. The number of amides is 1. The van der Waals surface area contributed by atoms with Gasteiger partial charge in [-0.05, 0) is 37.5 Å². The Kier molecular flexibility index (Phi) is 7.52. The van der Waals surface area contributed by atoms with E-state index in [-0.39, 0.29) is 12.5 Å². The van der Waals surface area contributed by atoms with Gasteiger partial charge in [-0.1, -0.05) is 53.2 Å². The summed E-state index contributed by atoms with van der Waals surface area (Å²) in [4.78, 5) is 22.9. The molecule has 0 radical (unpaired) electrons. The quantitative estimate of drug-likeness (QED) is 0.554. The molecule has 0 saturated carbocycles. The average Bonchev–Trinajstić information content (AvgIpc) is 2.66. The van der Waals surface area contributed by atoms with Gasteiger partial charge in [0, 0.05) is 12.6 Å². The molecule has 6 heteroatoms. The minimum Gasteiger partial charge on any atom is -0.391 e. The van der Waals surface area contributed by atoms with Gasteiger partial charge in [0.05, 0.1) is 12.8 Å². The summed E-state index contributed by atoms with van der Waals surface area (Å²) in [6.07, 6.45) is 0. The SMILES string of the molecule is CNC(=O)C(NOC)c1cccc(C)c1CO/N=C(\C)c1cccc(C)c1. The van der Waals surface area contributed by atoms with Crippen LogP contribution < -0.4 is 10.8 Å². The first-order valence-corrected chi connectivity index (χ1v) is 8.80. The smallest absolute Gasteiger partial charge is 0.243 e. The number of oxime groups is 1. The van der Waals surface area contributed by atoms with Crippen LogP contribution in [0.2, 0.25) is 0 Å². The normalized spacial score (nSPS) is 12.6. The van der Waals surface area contributed by atoms with Gasteiger partial charge in [-0.2, -0.15) is 5.48 Å². The van der Waals surface area contributed by atoms with Crippen molar-refractivity contribution in [3.63, 3.8) is 0 Å². The molecule has 1 unspecified atom stereocenters. The van der Waals surface area contributed by atoms with Gasteiger partial charge in [0.15, 0.2) is 0 Å². The Labute approximate surface area is 160 Å². The van der Waals surface area contributed by atoms with Gasteiger partial charge in [-0.25, -0.2) is 0 Å². The number of rotatable bonds is 8. The van der Waals surface area contributed by atoms with E-state index < -0.39 is 6.04 Å². The molecule has 0 aromatic heterocycles. The lowest BCUT2D eigenvalue weighted by atomic mass is 9.96. The summed E-state index contributed by atoms with van der Waals surface area (Å²) in [6, 6.07) is 13.2. The zero-order chi connectivity index (χ0) is 19.8. The molecule has 0 bridgehead atoms. The third-order valence-electron chi connectivity index (χ3n) is 4.35. The molecule has 0 aliphatic heterocycles. The number of nitrogens with zero attached hydrogens (tertiary/aromatic N) is 1. The highest BCUT2D eigenvalue weighted by atomic mass is 16.6. The van der Waals surface area contributed by atoms with Gasteiger partial charge >= 0.3 is 0 Å². The number of nitrogens with one attached hydrogen (secondary N) is 2. The van der Waals surface area contributed by atoms with Crippen molar-refractivity contribution in [3.8, 4) is 0 Å². The first-order chi connectivity index (χ1) is 13.0. The summed E-state index contributed by atoms with van der Waals surface area (Å²) in [6.45, 7) is 6.18. The van der Waals surface area contributed by atoms with Crippen molar-refractivity contribution < 1.29 is 14.5 Å². The van der Waals surface area contributed by atoms with Gasteiger partial charge in [-0.15, -0.1) is 0 Å². The fourth-order valence-electron chi connectivity index (χ4n) is 2.83. The Hall–Kier alpha value is -2.70. The molecule has 144 valence electrons. The lowest BCUT2D eigenvalue weighted by molar-refractivity contribution is -0.126. The maximum Gasteiger partial charge on any atom is 0.243 e. The molecular weight excluding hydrogens is 342 g/mol. The number of likely N-dealkylation sites (N-methyl/N-ethyl adjacent to an activating group) is 1. The Balaban J connectivity index is 2.23. The molecule has 0 aliphatic carbocycles. The second-order valence-electron chi connectivity index (χ2n) is 6.33. The highest BCUT2D eigenvalue weighted by Crippen LogP contribution is 2.23. The van der Waals surface area contributed by atoms with Gasteiger partial charge in [-0.3, -0.25) is 4.79 Å². The number of hydroxylamine groups is 1. The van der Waals surface area contributed by atoms with Gasteiger partial charge in [0.2, 0.25) is 5.91 Å². The van der Waals surface area contributed by atoms with Crippen LogP contribution in [0.25, 0.3) is 0 Å². The van der Waals surface area contributed by atoms with E-state index in [0.717, 1.165) is 28.0 Å². The maximum atomic E-state index is 12.2. The Morgan fingerprint density at radius 1 is 1.19 bits per heavy atom. The van der Waals surface area contributed by atoms with E-state index in [1.807, 2.05) is 57.2 Å². The molecule has 2 N–H and O–H groups in total. The van der Waals surface area contributed by atoms with E-state index in [4.69, 9.17) is 9.68 Å². The zero-order valence-electron chi connectivity index (χ0n) is 16.5. The van der Waals surface area contributed by atoms with Crippen LogP contribution in [-0.2, 0) is 21.1 Å². The Bertz CT molecular complexity index is 818. The summed E-state index contributed by atoms with van der Waals surface area (Å²) in [5.41, 5.74) is 8.44. The molecule has 0 spiro atoms. The number of hydrogen-bond donors (Lipinski definition) is 2. The van der Waals surface area contributed by atoms with Crippen molar-refractivity contribution in [1.82, 2.24) is 10.8 Å². The van der Waals surface area contributed by atoms with Crippen molar-refractivity contribution in [2.45, 2.75) is 33.4 Å². The Morgan fingerprint density at radius 3 is 2.59 bits per heavy atom. The predicted octanol–water partition coefficient (Wildman–Crippen LogP) is 3.18. The zero-order valence-corrected chi connectivity index (χ0v) is 16.5. The van der Waals surface area contributed by atoms with Crippen molar-refractivity contribution in [3.05, 3.63) is 70.3 Å². The average molecular weight is 369 g/mol. The topological polar surface area (TPSA) is 72.0 Å². The fraction of sp³-hybridized carbons (Fsp3) is 0.333. The summed E-state index contributed by atoms with van der Waals surface area (Å²) in [5.74, 6) is -0.192. The molecular formula is C21H27N3O3. The van der Waals surface area contributed by atoms with E-state index >= 15 is 0 Å². The third kappa shape index (κ3) is 5.39. The monoisotopic (exact) mass is 369 g/mol. The summed E-state index contributed by atoms with van der Waals surface area (Å²) in [7, 11) is 3.07.